The Morgan fingerprint density at radius 1 is 0.963 bits per heavy atom. The van der Waals surface area contributed by atoms with Gasteiger partial charge in [-0.1, -0.05) is 42.8 Å². The number of carbonyl (C=O) groups excluding carboxylic acids is 2. The van der Waals surface area contributed by atoms with Gasteiger partial charge in [0, 0.05) is 6.54 Å². The molecule has 0 saturated carbocycles. The van der Waals surface area contributed by atoms with E-state index in [0.717, 1.165) is 16.7 Å². The van der Waals surface area contributed by atoms with Crippen molar-refractivity contribution in [3.8, 4) is 5.75 Å². The number of aryl methyl sites for hydroxylation is 2. The van der Waals surface area contributed by atoms with Gasteiger partial charge in [-0.05, 0) is 43.5 Å². The number of rotatable bonds is 6. The lowest BCUT2D eigenvalue weighted by Gasteiger charge is -2.15. The Kier molecular flexibility index (Phi) is 5.31. The fraction of sp³-hybridized carbons (Fsp3) is 0.273. The molecular weight excluding hydrogens is 340 g/mol. The van der Waals surface area contributed by atoms with Crippen molar-refractivity contribution in [3.05, 3.63) is 64.9 Å². The highest BCUT2D eigenvalue weighted by molar-refractivity contribution is 6.36. The average molecular weight is 364 g/mol. The molecule has 5 heteroatoms. The van der Waals surface area contributed by atoms with E-state index >= 15 is 0 Å². The zero-order valence-electron chi connectivity index (χ0n) is 16.1. The van der Waals surface area contributed by atoms with Crippen LogP contribution < -0.4 is 10.1 Å². The van der Waals surface area contributed by atoms with Crippen molar-refractivity contribution in [1.29, 1.82) is 0 Å². The Morgan fingerprint density at radius 2 is 1.63 bits per heavy atom. The Morgan fingerprint density at radius 3 is 2.26 bits per heavy atom. The van der Waals surface area contributed by atoms with E-state index < -0.39 is 0 Å². The summed E-state index contributed by atoms with van der Waals surface area (Å²) < 4.78 is 5.41. The minimum atomic E-state index is -0.305. The van der Waals surface area contributed by atoms with Crippen molar-refractivity contribution in [3.63, 3.8) is 0 Å². The van der Waals surface area contributed by atoms with Crippen LogP contribution in [-0.2, 0) is 9.59 Å². The molecule has 2 amide bonds. The number of methoxy groups -OCH3 is 1. The highest BCUT2D eigenvalue weighted by Crippen LogP contribution is 2.33. The molecule has 0 radical (unpaired) electrons. The van der Waals surface area contributed by atoms with Crippen LogP contribution in [0.1, 0.15) is 30.0 Å². The van der Waals surface area contributed by atoms with Crippen molar-refractivity contribution in [2.24, 2.45) is 0 Å². The third-order valence-electron chi connectivity index (χ3n) is 4.57. The van der Waals surface area contributed by atoms with Gasteiger partial charge in [-0.15, -0.1) is 0 Å². The number of imide groups is 1. The summed E-state index contributed by atoms with van der Waals surface area (Å²) in [7, 11) is 1.58. The summed E-state index contributed by atoms with van der Waals surface area (Å²) in [5.41, 5.74) is 4.20. The Balaban J connectivity index is 2.11. The van der Waals surface area contributed by atoms with Gasteiger partial charge in [0.25, 0.3) is 11.8 Å². The predicted molar refractivity (Wildman–Crippen MR) is 106 cm³/mol. The summed E-state index contributed by atoms with van der Waals surface area (Å²) in [4.78, 5) is 27.3. The summed E-state index contributed by atoms with van der Waals surface area (Å²) in [5, 5.41) is 3.18. The maximum atomic E-state index is 13.0. The van der Waals surface area contributed by atoms with E-state index in [9.17, 15) is 9.59 Å². The first-order chi connectivity index (χ1) is 13.0. The van der Waals surface area contributed by atoms with Crippen molar-refractivity contribution in [2.75, 3.05) is 19.0 Å². The molecule has 140 valence electrons. The quantitative estimate of drug-likeness (QED) is 0.790. The van der Waals surface area contributed by atoms with Crippen LogP contribution in [0.5, 0.6) is 5.75 Å². The minimum Gasteiger partial charge on any atom is -0.495 e. The number of hydrogen-bond acceptors (Lipinski definition) is 4. The molecule has 1 heterocycles. The lowest BCUT2D eigenvalue weighted by Crippen LogP contribution is -2.33. The molecule has 0 saturated heterocycles. The zero-order chi connectivity index (χ0) is 19.6. The van der Waals surface area contributed by atoms with Crippen LogP contribution in [0.25, 0.3) is 5.57 Å². The number of nitrogens with zero attached hydrogens (tertiary/aromatic N) is 1. The second-order valence-electron chi connectivity index (χ2n) is 6.71. The van der Waals surface area contributed by atoms with Crippen LogP contribution in [-0.4, -0.2) is 30.4 Å². The number of anilines is 1. The highest BCUT2D eigenvalue weighted by Gasteiger charge is 2.38. The number of nitrogens with one attached hydrogen (secondary N) is 1. The van der Waals surface area contributed by atoms with Gasteiger partial charge < -0.3 is 10.1 Å². The smallest absolute Gasteiger partial charge is 0.278 e. The topological polar surface area (TPSA) is 58.6 Å². The third kappa shape index (κ3) is 3.58. The molecule has 1 aliphatic heterocycles. The number of amides is 2. The van der Waals surface area contributed by atoms with Crippen molar-refractivity contribution < 1.29 is 14.3 Å². The molecule has 1 N–H and O–H groups in total. The molecule has 0 spiro atoms. The first-order valence-corrected chi connectivity index (χ1v) is 9.05. The van der Waals surface area contributed by atoms with Gasteiger partial charge in [0.1, 0.15) is 11.4 Å². The molecule has 27 heavy (non-hydrogen) atoms. The van der Waals surface area contributed by atoms with E-state index in [1.165, 1.54) is 4.90 Å². The van der Waals surface area contributed by atoms with Crippen LogP contribution in [0.3, 0.4) is 0 Å². The maximum Gasteiger partial charge on any atom is 0.278 e. The van der Waals surface area contributed by atoms with Crippen molar-refractivity contribution in [1.82, 2.24) is 4.90 Å². The van der Waals surface area contributed by atoms with Gasteiger partial charge in [-0.2, -0.15) is 0 Å². The molecule has 5 nitrogen and oxygen atoms in total. The van der Waals surface area contributed by atoms with Crippen LogP contribution in [0.15, 0.2) is 48.2 Å². The average Bonchev–Trinajstić information content (AvgIpc) is 2.88. The van der Waals surface area contributed by atoms with Crippen LogP contribution in [0, 0.1) is 13.8 Å². The van der Waals surface area contributed by atoms with Gasteiger partial charge in [0.2, 0.25) is 0 Å². The SMILES string of the molecule is CCCN1C(=O)C(Nc2cc(C)ccc2OC)=C(c2ccc(C)cc2)C1=O. The second kappa shape index (κ2) is 7.66. The summed E-state index contributed by atoms with van der Waals surface area (Å²) in [6.45, 7) is 6.29. The fourth-order valence-electron chi connectivity index (χ4n) is 3.16. The molecule has 2 aromatic rings. The summed E-state index contributed by atoms with van der Waals surface area (Å²) >= 11 is 0. The molecule has 0 aliphatic carbocycles. The fourth-order valence-corrected chi connectivity index (χ4v) is 3.16. The first kappa shape index (κ1) is 18.7. The number of benzene rings is 2. The Hall–Kier alpha value is -3.08. The van der Waals surface area contributed by atoms with Gasteiger partial charge in [-0.25, -0.2) is 0 Å². The van der Waals surface area contributed by atoms with Crippen molar-refractivity contribution in [2.45, 2.75) is 27.2 Å². The molecule has 0 bridgehead atoms. The van der Waals surface area contributed by atoms with Gasteiger partial charge in [0.05, 0.1) is 18.4 Å². The Bertz CT molecular complexity index is 914. The molecule has 1 aliphatic rings. The highest BCUT2D eigenvalue weighted by atomic mass is 16.5. The summed E-state index contributed by atoms with van der Waals surface area (Å²) in [5.74, 6) is 0.0475. The maximum absolute atomic E-state index is 13.0. The van der Waals surface area contributed by atoms with E-state index in [2.05, 4.69) is 5.32 Å². The molecule has 2 aromatic carbocycles. The first-order valence-electron chi connectivity index (χ1n) is 9.05. The molecule has 0 aromatic heterocycles. The molecule has 3 rings (SSSR count). The normalized spacial score (nSPS) is 14.1. The van der Waals surface area contributed by atoms with Crippen LogP contribution in [0.2, 0.25) is 0 Å². The number of ether oxygens (including phenoxy) is 1. The molecule has 0 atom stereocenters. The van der Waals surface area contributed by atoms with E-state index in [1.807, 2.05) is 63.2 Å². The van der Waals surface area contributed by atoms with Crippen molar-refractivity contribution >= 4 is 23.1 Å². The largest absolute Gasteiger partial charge is 0.495 e. The van der Waals surface area contributed by atoms with E-state index in [0.29, 0.717) is 35.7 Å². The second-order valence-corrected chi connectivity index (χ2v) is 6.71. The van der Waals surface area contributed by atoms with Gasteiger partial charge in [0.15, 0.2) is 0 Å². The summed E-state index contributed by atoms with van der Waals surface area (Å²) in [6.07, 6.45) is 0.708. The van der Waals surface area contributed by atoms with E-state index in [4.69, 9.17) is 4.74 Å². The van der Waals surface area contributed by atoms with Gasteiger partial charge in [-0.3, -0.25) is 14.5 Å². The van der Waals surface area contributed by atoms with Crippen LogP contribution >= 0.6 is 0 Å². The Labute approximate surface area is 159 Å². The molecule has 0 unspecified atom stereocenters. The lowest BCUT2D eigenvalue weighted by atomic mass is 10.0. The number of carbonyl (C=O) groups is 2. The monoisotopic (exact) mass is 364 g/mol. The van der Waals surface area contributed by atoms with E-state index in [1.54, 1.807) is 7.11 Å². The third-order valence-corrected chi connectivity index (χ3v) is 4.57. The zero-order valence-corrected chi connectivity index (χ0v) is 16.1. The minimum absolute atomic E-state index is 0.264. The molecular formula is C22H24N2O3. The van der Waals surface area contributed by atoms with Crippen LogP contribution in [0.4, 0.5) is 5.69 Å². The van der Waals surface area contributed by atoms with E-state index in [-0.39, 0.29) is 11.8 Å². The number of hydrogen-bond donors (Lipinski definition) is 1. The molecule has 0 fully saturated rings. The van der Waals surface area contributed by atoms with Gasteiger partial charge >= 0.3 is 0 Å². The lowest BCUT2D eigenvalue weighted by molar-refractivity contribution is -0.136. The summed E-state index contributed by atoms with van der Waals surface area (Å²) in [6, 6.07) is 13.3. The standard InChI is InChI=1S/C22H24N2O3/c1-5-12-24-21(25)19(16-9-6-14(2)7-10-16)20(22(24)26)23-17-13-15(3)8-11-18(17)27-4/h6-11,13,23H,5,12H2,1-4H3. The predicted octanol–water partition coefficient (Wildman–Crippen LogP) is 3.91.